The van der Waals surface area contributed by atoms with Gasteiger partial charge in [-0.05, 0) is 70.6 Å². The minimum atomic E-state index is -4.50. The lowest BCUT2D eigenvalue weighted by atomic mass is 9.99. The van der Waals surface area contributed by atoms with E-state index in [1.165, 1.54) is 42.7 Å². The number of amides is 1. The number of hydrogen-bond donors (Lipinski definition) is 2. The molecule has 0 aliphatic rings. The number of rotatable bonds is 11. The maximum Gasteiger partial charge on any atom is 0.416 e. The van der Waals surface area contributed by atoms with Crippen molar-refractivity contribution >= 4 is 21.8 Å². The number of carbonyl (C=O) groups is 1. The average Bonchev–Trinajstić information content (AvgIpc) is 2.83. The van der Waals surface area contributed by atoms with Gasteiger partial charge in [0.05, 0.1) is 11.1 Å². The lowest BCUT2D eigenvalue weighted by Crippen LogP contribution is -2.24. The van der Waals surface area contributed by atoms with E-state index in [1.54, 1.807) is 0 Å². The number of halogens is 4. The molecule has 0 aliphatic carbocycles. The fourth-order valence-corrected chi connectivity index (χ4v) is 4.71. The van der Waals surface area contributed by atoms with E-state index >= 15 is 0 Å². The Morgan fingerprint density at radius 2 is 1.54 bits per heavy atom. The second kappa shape index (κ2) is 12.8. The maximum atomic E-state index is 13.1. The minimum Gasteiger partial charge on any atom is -0.507 e. The van der Waals surface area contributed by atoms with Crippen molar-refractivity contribution in [1.82, 2.24) is 5.32 Å². The van der Waals surface area contributed by atoms with Crippen LogP contribution in [0.5, 0.6) is 5.75 Å². The smallest absolute Gasteiger partial charge is 0.416 e. The van der Waals surface area contributed by atoms with Crippen LogP contribution in [0, 0.1) is 0 Å². The molecule has 0 spiro atoms. The third-order valence-electron chi connectivity index (χ3n) is 5.86. The number of phenolic OH excluding ortho intramolecular Hbond substituents is 1. The summed E-state index contributed by atoms with van der Waals surface area (Å²) in [7, 11) is 0. The zero-order valence-corrected chi connectivity index (χ0v) is 21.0. The summed E-state index contributed by atoms with van der Waals surface area (Å²) in [5.74, 6) is -0.548. The molecule has 0 saturated heterocycles. The number of aryl methyl sites for hydroxylation is 1. The van der Waals surface area contributed by atoms with E-state index in [0.717, 1.165) is 44.2 Å². The fourth-order valence-electron chi connectivity index (χ4n) is 3.97. The second-order valence-electron chi connectivity index (χ2n) is 8.51. The molecule has 2 N–H and O–H groups in total. The fraction of sp³-hybridized carbons (Fsp3) is 0.321. The highest BCUT2D eigenvalue weighted by Crippen LogP contribution is 2.40. The summed E-state index contributed by atoms with van der Waals surface area (Å²) < 4.78 is 39.6. The van der Waals surface area contributed by atoms with Gasteiger partial charge >= 0.3 is 6.18 Å². The van der Waals surface area contributed by atoms with Crippen molar-refractivity contribution in [3.8, 4) is 16.9 Å². The number of alkyl halides is 3. The first kappa shape index (κ1) is 26.8. The molecule has 0 heterocycles. The van der Waals surface area contributed by atoms with Gasteiger partial charge in [-0.2, -0.15) is 13.2 Å². The number of benzene rings is 3. The molecule has 3 rings (SSSR count). The van der Waals surface area contributed by atoms with Gasteiger partial charge in [0.2, 0.25) is 0 Å². The molecule has 3 aromatic carbocycles. The first-order chi connectivity index (χ1) is 16.8. The Morgan fingerprint density at radius 3 is 2.26 bits per heavy atom. The zero-order chi connectivity index (χ0) is 25.3. The highest BCUT2D eigenvalue weighted by Gasteiger charge is 2.31. The third kappa shape index (κ3) is 7.85. The van der Waals surface area contributed by atoms with Crippen molar-refractivity contribution in [3.63, 3.8) is 0 Å². The Balaban J connectivity index is 1.47. The van der Waals surface area contributed by atoms with Crippen LogP contribution in [0.4, 0.5) is 13.2 Å². The van der Waals surface area contributed by atoms with Crippen molar-refractivity contribution < 1.29 is 23.1 Å². The largest absolute Gasteiger partial charge is 0.507 e. The van der Waals surface area contributed by atoms with Crippen LogP contribution in [0.15, 0.2) is 71.2 Å². The molecule has 0 saturated carbocycles. The summed E-state index contributed by atoms with van der Waals surface area (Å²) in [6.45, 7) is 0.509. The Morgan fingerprint density at radius 1 is 0.857 bits per heavy atom. The van der Waals surface area contributed by atoms with Crippen LogP contribution in [0.25, 0.3) is 11.1 Å². The molecule has 0 aliphatic heterocycles. The van der Waals surface area contributed by atoms with Crippen LogP contribution < -0.4 is 5.32 Å². The molecular formula is C28H29BrF3NO2. The molecule has 0 atom stereocenters. The molecule has 3 nitrogen and oxygen atoms in total. The van der Waals surface area contributed by atoms with E-state index in [0.29, 0.717) is 6.54 Å². The Hall–Kier alpha value is -2.80. The molecule has 186 valence electrons. The van der Waals surface area contributed by atoms with Gasteiger partial charge in [-0.3, -0.25) is 4.79 Å². The van der Waals surface area contributed by atoms with Crippen LogP contribution in [0.1, 0.15) is 60.0 Å². The Bertz CT molecular complexity index is 1120. The molecule has 3 aromatic rings. The highest BCUT2D eigenvalue weighted by molar-refractivity contribution is 9.10. The monoisotopic (exact) mass is 547 g/mol. The SMILES string of the molecule is O=C(NCCCCCCCCc1ccccc1)c1ccc(O)c(-c2cccc(C(F)(F)F)c2)c1Br. The number of unbranched alkanes of at least 4 members (excludes halogenated alkanes) is 5. The average molecular weight is 548 g/mol. The van der Waals surface area contributed by atoms with Crippen LogP contribution in [-0.2, 0) is 12.6 Å². The zero-order valence-electron chi connectivity index (χ0n) is 19.4. The van der Waals surface area contributed by atoms with Gasteiger partial charge in [-0.1, -0.05) is 68.1 Å². The van der Waals surface area contributed by atoms with Gasteiger partial charge in [0.25, 0.3) is 5.91 Å². The normalized spacial score (nSPS) is 11.4. The maximum absolute atomic E-state index is 13.1. The van der Waals surface area contributed by atoms with E-state index in [-0.39, 0.29) is 32.8 Å². The van der Waals surface area contributed by atoms with Gasteiger partial charge in [-0.15, -0.1) is 0 Å². The van der Waals surface area contributed by atoms with Crippen LogP contribution >= 0.6 is 15.9 Å². The summed E-state index contributed by atoms with van der Waals surface area (Å²) in [5, 5.41) is 13.2. The van der Waals surface area contributed by atoms with Gasteiger partial charge in [0.1, 0.15) is 5.75 Å². The number of hydrogen-bond acceptors (Lipinski definition) is 2. The second-order valence-corrected chi connectivity index (χ2v) is 9.31. The van der Waals surface area contributed by atoms with Crippen molar-refractivity contribution in [3.05, 3.63) is 87.9 Å². The molecule has 0 aromatic heterocycles. The Labute approximate surface area is 212 Å². The third-order valence-corrected chi connectivity index (χ3v) is 6.69. The van der Waals surface area contributed by atoms with E-state index in [4.69, 9.17) is 0 Å². The number of aromatic hydroxyl groups is 1. The highest BCUT2D eigenvalue weighted by atomic mass is 79.9. The quantitative estimate of drug-likeness (QED) is 0.238. The first-order valence-corrected chi connectivity index (χ1v) is 12.6. The van der Waals surface area contributed by atoms with Gasteiger partial charge < -0.3 is 10.4 Å². The summed E-state index contributed by atoms with van der Waals surface area (Å²) in [6.07, 6.45) is 3.07. The number of nitrogens with one attached hydrogen (secondary N) is 1. The molecule has 0 fully saturated rings. The van der Waals surface area contributed by atoms with E-state index in [9.17, 15) is 23.1 Å². The summed E-state index contributed by atoms with van der Waals surface area (Å²) in [5.41, 5.74) is 1.13. The van der Waals surface area contributed by atoms with Crippen molar-refractivity contribution in [1.29, 1.82) is 0 Å². The first-order valence-electron chi connectivity index (χ1n) is 11.8. The standard InChI is InChI=1S/C28H29BrF3NO2/c29-26-23(16-17-24(34)25(26)21-14-10-15-22(19-21)28(30,31)32)27(35)33-18-9-4-2-1-3-6-11-20-12-7-5-8-13-20/h5,7-8,10,12-17,19,34H,1-4,6,9,11,18H2,(H,33,35). The van der Waals surface area contributed by atoms with Crippen LogP contribution in [0.2, 0.25) is 0 Å². The lowest BCUT2D eigenvalue weighted by molar-refractivity contribution is -0.137. The van der Waals surface area contributed by atoms with Crippen molar-refractivity contribution in [2.75, 3.05) is 6.54 Å². The molecule has 0 bridgehead atoms. The number of phenols is 1. The molecule has 7 heteroatoms. The van der Waals surface area contributed by atoms with Gasteiger partial charge in [0, 0.05) is 16.6 Å². The summed E-state index contributed by atoms with van der Waals surface area (Å²) in [4.78, 5) is 12.7. The number of carbonyl (C=O) groups excluding carboxylic acids is 1. The predicted molar refractivity (Wildman–Crippen MR) is 136 cm³/mol. The molecule has 0 unspecified atom stereocenters. The van der Waals surface area contributed by atoms with Crippen molar-refractivity contribution in [2.24, 2.45) is 0 Å². The van der Waals surface area contributed by atoms with Gasteiger partial charge in [0.15, 0.2) is 0 Å². The topological polar surface area (TPSA) is 49.3 Å². The summed E-state index contributed by atoms with van der Waals surface area (Å²) in [6, 6.07) is 17.9. The van der Waals surface area contributed by atoms with E-state index in [1.807, 2.05) is 6.07 Å². The minimum absolute atomic E-state index is 0.152. The Kier molecular flexibility index (Phi) is 9.78. The lowest BCUT2D eigenvalue weighted by Gasteiger charge is -2.14. The van der Waals surface area contributed by atoms with E-state index < -0.39 is 11.7 Å². The molecule has 0 radical (unpaired) electrons. The molecule has 35 heavy (non-hydrogen) atoms. The molecule has 1 amide bonds. The van der Waals surface area contributed by atoms with Crippen molar-refractivity contribution in [2.45, 2.75) is 51.1 Å². The molecular weight excluding hydrogens is 519 g/mol. The van der Waals surface area contributed by atoms with Gasteiger partial charge in [-0.25, -0.2) is 0 Å². The predicted octanol–water partition coefficient (Wildman–Crippen LogP) is 8.15. The van der Waals surface area contributed by atoms with E-state index in [2.05, 4.69) is 45.5 Å². The van der Waals surface area contributed by atoms with Crippen LogP contribution in [-0.4, -0.2) is 17.6 Å². The van der Waals surface area contributed by atoms with Crippen LogP contribution in [0.3, 0.4) is 0 Å². The summed E-state index contributed by atoms with van der Waals surface area (Å²) >= 11 is 3.32.